The number of rotatable bonds is 3. The zero-order valence-electron chi connectivity index (χ0n) is 7.73. The van der Waals surface area contributed by atoms with Crippen molar-refractivity contribution in [2.75, 3.05) is 14.1 Å². The lowest BCUT2D eigenvalue weighted by atomic mass is 10.2. The second-order valence-electron chi connectivity index (χ2n) is 1.54. The molecule has 0 spiro atoms. The Hall–Kier alpha value is -1.18. The van der Waals surface area contributed by atoms with Crippen molar-refractivity contribution >= 4 is 11.9 Å². The average Bonchev–Trinajstić information content (AvgIpc) is 2.10. The van der Waals surface area contributed by atoms with Crippen LogP contribution >= 0.6 is 0 Å². The van der Waals surface area contributed by atoms with Crippen LogP contribution in [0.3, 0.4) is 0 Å². The molecule has 0 amide bonds. The number of nitrogens with two attached hydrogens (primary N) is 3. The van der Waals surface area contributed by atoms with Crippen LogP contribution in [0, 0.1) is 0 Å². The third-order valence-corrected chi connectivity index (χ3v) is 0.712. The highest BCUT2D eigenvalue weighted by molar-refractivity contribution is 5.80. The van der Waals surface area contributed by atoms with E-state index in [-0.39, 0.29) is 0 Å². The topological polar surface area (TPSA) is 153 Å². The lowest BCUT2D eigenvalue weighted by molar-refractivity contribution is -0.144. The van der Waals surface area contributed by atoms with E-state index in [9.17, 15) is 9.59 Å². The zero-order chi connectivity index (χ0) is 11.4. The first-order valence-electron chi connectivity index (χ1n) is 3.39. The summed E-state index contributed by atoms with van der Waals surface area (Å²) < 4.78 is 0. The van der Waals surface area contributed by atoms with Gasteiger partial charge in [-0.1, -0.05) is 0 Å². The Morgan fingerprint density at radius 2 is 1.46 bits per heavy atom. The Bertz CT molecular complexity index is 140. The van der Waals surface area contributed by atoms with E-state index in [4.69, 9.17) is 15.9 Å². The van der Waals surface area contributed by atoms with Crippen molar-refractivity contribution in [2.24, 2.45) is 17.2 Å². The van der Waals surface area contributed by atoms with E-state index in [1.807, 2.05) is 0 Å². The van der Waals surface area contributed by atoms with Gasteiger partial charge in [0.25, 0.3) is 0 Å². The van der Waals surface area contributed by atoms with Gasteiger partial charge >= 0.3 is 11.9 Å². The van der Waals surface area contributed by atoms with E-state index in [2.05, 4.69) is 11.5 Å². The molecule has 0 aromatic heterocycles. The molecular weight excluding hydrogens is 178 g/mol. The van der Waals surface area contributed by atoms with Crippen molar-refractivity contribution in [3.63, 3.8) is 0 Å². The Morgan fingerprint density at radius 3 is 1.54 bits per heavy atom. The summed E-state index contributed by atoms with van der Waals surface area (Å²) in [5.74, 6) is -2.50. The van der Waals surface area contributed by atoms with Gasteiger partial charge in [-0.25, -0.2) is 0 Å². The molecule has 0 aliphatic rings. The van der Waals surface area contributed by atoms with E-state index in [1.54, 1.807) is 0 Å². The normalized spacial score (nSPS) is 9.62. The number of carbonyl (C=O) groups is 2. The molecule has 1 atom stereocenters. The fourth-order valence-electron chi connectivity index (χ4n) is 0.275. The van der Waals surface area contributed by atoms with Gasteiger partial charge in [-0.2, -0.15) is 0 Å². The van der Waals surface area contributed by atoms with Crippen molar-refractivity contribution in [1.29, 1.82) is 0 Å². The van der Waals surface area contributed by atoms with Crippen molar-refractivity contribution in [3.8, 4) is 0 Å². The number of hydrogen-bond donors (Lipinski definition) is 5. The molecule has 0 saturated heterocycles. The summed E-state index contributed by atoms with van der Waals surface area (Å²) in [6.45, 7) is 0. The van der Waals surface area contributed by atoms with Crippen LogP contribution in [0.2, 0.25) is 0 Å². The third kappa shape index (κ3) is 18.1. The van der Waals surface area contributed by atoms with Gasteiger partial charge in [0.15, 0.2) is 0 Å². The van der Waals surface area contributed by atoms with Crippen molar-refractivity contribution in [1.82, 2.24) is 0 Å². The van der Waals surface area contributed by atoms with E-state index in [0.29, 0.717) is 0 Å². The van der Waals surface area contributed by atoms with Gasteiger partial charge < -0.3 is 27.4 Å². The molecule has 0 radical (unpaired) electrons. The fraction of sp³-hybridized carbons (Fsp3) is 0.667. The van der Waals surface area contributed by atoms with Crippen LogP contribution in [-0.2, 0) is 9.59 Å². The summed E-state index contributed by atoms with van der Waals surface area (Å²) >= 11 is 0. The van der Waals surface area contributed by atoms with E-state index in [0.717, 1.165) is 0 Å². The molecule has 0 aliphatic heterocycles. The van der Waals surface area contributed by atoms with Crippen molar-refractivity contribution < 1.29 is 19.8 Å². The maximum absolute atomic E-state index is 9.85. The molecule has 0 bridgehead atoms. The Morgan fingerprint density at radius 1 is 1.15 bits per heavy atom. The van der Waals surface area contributed by atoms with E-state index >= 15 is 0 Å². The standard InChI is InChI=1S/C4H7NO4.2CH5N/c5-2(4(8)9)1-3(6)7;2*1-2/h2H,1,5H2,(H,6,7)(H,8,9);2*2H2,1H3/t2-;;/m0../s1. The minimum atomic E-state index is -1.29. The predicted molar refractivity (Wildman–Crippen MR) is 48.1 cm³/mol. The van der Waals surface area contributed by atoms with Crippen molar-refractivity contribution in [3.05, 3.63) is 0 Å². The van der Waals surface area contributed by atoms with Crippen LogP contribution in [-0.4, -0.2) is 42.3 Å². The van der Waals surface area contributed by atoms with Gasteiger partial charge in [0.2, 0.25) is 0 Å². The largest absolute Gasteiger partial charge is 0.481 e. The SMILES string of the molecule is CN.CN.N[C@@H](CC(=O)O)C(=O)O. The summed E-state index contributed by atoms with van der Waals surface area (Å²) in [5, 5.41) is 16.0. The lowest BCUT2D eigenvalue weighted by Crippen LogP contribution is -2.32. The quantitative estimate of drug-likeness (QED) is 0.350. The molecule has 0 aromatic rings. The van der Waals surface area contributed by atoms with Gasteiger partial charge in [0.05, 0.1) is 6.42 Å². The molecule has 0 rings (SSSR count). The minimum absolute atomic E-state index is 0.532. The van der Waals surface area contributed by atoms with Crippen LogP contribution in [0.5, 0.6) is 0 Å². The Labute approximate surface area is 76.5 Å². The Kier molecular flexibility index (Phi) is 18.4. The van der Waals surface area contributed by atoms with Crippen molar-refractivity contribution in [2.45, 2.75) is 12.5 Å². The summed E-state index contributed by atoms with van der Waals surface area (Å²) in [5.41, 5.74) is 13.8. The van der Waals surface area contributed by atoms with Crippen LogP contribution in [0.25, 0.3) is 0 Å². The van der Waals surface area contributed by atoms with Gasteiger partial charge in [-0.15, -0.1) is 0 Å². The highest BCUT2D eigenvalue weighted by Crippen LogP contribution is 1.86. The molecule has 7 heteroatoms. The summed E-state index contributed by atoms with van der Waals surface area (Å²) in [6.07, 6.45) is -0.532. The zero-order valence-corrected chi connectivity index (χ0v) is 7.73. The number of aliphatic carboxylic acids is 2. The molecule has 0 fully saturated rings. The third-order valence-electron chi connectivity index (χ3n) is 0.712. The van der Waals surface area contributed by atoms with Crippen LogP contribution in [0.4, 0.5) is 0 Å². The molecule has 80 valence electrons. The number of carboxylic acids is 2. The molecule has 0 aromatic carbocycles. The Balaban J connectivity index is -0.000000218. The molecule has 0 heterocycles. The smallest absolute Gasteiger partial charge is 0.321 e. The van der Waals surface area contributed by atoms with E-state index in [1.165, 1.54) is 14.1 Å². The lowest BCUT2D eigenvalue weighted by Gasteiger charge is -1.99. The first kappa shape index (κ1) is 17.8. The molecule has 0 unspecified atom stereocenters. The molecule has 13 heavy (non-hydrogen) atoms. The summed E-state index contributed by atoms with van der Waals surface area (Å²) in [7, 11) is 3.00. The van der Waals surface area contributed by atoms with Gasteiger partial charge in [-0.3, -0.25) is 9.59 Å². The van der Waals surface area contributed by atoms with Crippen LogP contribution in [0.1, 0.15) is 6.42 Å². The van der Waals surface area contributed by atoms with Crippen LogP contribution in [0.15, 0.2) is 0 Å². The molecule has 0 saturated carbocycles. The molecule has 0 aliphatic carbocycles. The predicted octanol–water partition coefficient (Wildman–Crippen LogP) is -1.98. The van der Waals surface area contributed by atoms with Crippen LogP contribution < -0.4 is 17.2 Å². The monoisotopic (exact) mass is 195 g/mol. The minimum Gasteiger partial charge on any atom is -0.481 e. The summed E-state index contributed by atoms with van der Waals surface area (Å²) in [4.78, 5) is 19.6. The molecule has 8 N–H and O–H groups in total. The second-order valence-corrected chi connectivity index (χ2v) is 1.54. The highest BCUT2D eigenvalue weighted by atomic mass is 16.4. The van der Waals surface area contributed by atoms with Gasteiger partial charge in [0, 0.05) is 0 Å². The molecular formula is C6H17N3O4. The number of hydrogen-bond acceptors (Lipinski definition) is 5. The first-order valence-corrected chi connectivity index (χ1v) is 3.39. The number of carboxylic acid groups (broad SMARTS) is 2. The van der Waals surface area contributed by atoms with Gasteiger partial charge in [0.1, 0.15) is 6.04 Å². The van der Waals surface area contributed by atoms with E-state index < -0.39 is 24.4 Å². The van der Waals surface area contributed by atoms with Gasteiger partial charge in [-0.05, 0) is 14.1 Å². The average molecular weight is 195 g/mol. The highest BCUT2D eigenvalue weighted by Gasteiger charge is 2.14. The first-order chi connectivity index (χ1) is 6.04. The fourth-order valence-corrected chi connectivity index (χ4v) is 0.275. The maximum Gasteiger partial charge on any atom is 0.321 e. The second kappa shape index (κ2) is 13.4. The maximum atomic E-state index is 9.85. The molecule has 7 nitrogen and oxygen atoms in total. The summed E-state index contributed by atoms with van der Waals surface area (Å²) in [6, 6.07) is -1.29.